The molecule has 102 valence electrons. The van der Waals surface area contributed by atoms with E-state index in [0.29, 0.717) is 0 Å². The van der Waals surface area contributed by atoms with Crippen molar-refractivity contribution in [3.05, 3.63) is 47.1 Å². The summed E-state index contributed by atoms with van der Waals surface area (Å²) in [6.07, 6.45) is 3.73. The minimum absolute atomic E-state index is 0.0959. The van der Waals surface area contributed by atoms with E-state index in [0.717, 1.165) is 27.5 Å². The highest BCUT2D eigenvalue weighted by Crippen LogP contribution is 2.26. The van der Waals surface area contributed by atoms with Crippen molar-refractivity contribution >= 4 is 21.6 Å². The van der Waals surface area contributed by atoms with Gasteiger partial charge in [-0.15, -0.1) is 0 Å². The molecular formula is C15H15BrN4. The van der Waals surface area contributed by atoms with Crippen LogP contribution in [0.15, 0.2) is 41.3 Å². The molecule has 0 aromatic carbocycles. The normalized spacial score (nSPS) is 12.0. The van der Waals surface area contributed by atoms with Crippen LogP contribution in [0.4, 0.5) is 0 Å². The molecule has 3 rings (SSSR count). The number of imidazole rings is 1. The Balaban J connectivity index is 2.24. The van der Waals surface area contributed by atoms with Gasteiger partial charge in [-0.1, -0.05) is 26.8 Å². The summed E-state index contributed by atoms with van der Waals surface area (Å²) in [6.45, 7) is 6.32. The van der Waals surface area contributed by atoms with Gasteiger partial charge in [-0.05, 0) is 34.1 Å². The average Bonchev–Trinajstić information content (AvgIpc) is 2.84. The number of nitrogens with zero attached hydrogens (tertiary/aromatic N) is 4. The highest BCUT2D eigenvalue weighted by Gasteiger charge is 2.19. The van der Waals surface area contributed by atoms with Crippen molar-refractivity contribution in [2.24, 2.45) is 0 Å². The fourth-order valence-electron chi connectivity index (χ4n) is 2.04. The Bertz CT molecular complexity index is 771. The second kappa shape index (κ2) is 4.66. The molecule has 20 heavy (non-hydrogen) atoms. The van der Waals surface area contributed by atoms with Gasteiger partial charge in [0.1, 0.15) is 16.1 Å². The number of rotatable bonds is 1. The fourth-order valence-corrected chi connectivity index (χ4v) is 2.43. The van der Waals surface area contributed by atoms with E-state index in [-0.39, 0.29) is 5.41 Å². The van der Waals surface area contributed by atoms with Crippen LogP contribution in [0.25, 0.3) is 17.0 Å². The third-order valence-corrected chi connectivity index (χ3v) is 3.46. The first kappa shape index (κ1) is 13.2. The molecule has 0 radical (unpaired) electrons. The number of fused-ring (bicyclic) bond motifs is 1. The molecule has 0 atom stereocenters. The lowest BCUT2D eigenvalue weighted by molar-refractivity contribution is 0.544. The van der Waals surface area contributed by atoms with Crippen LogP contribution >= 0.6 is 15.9 Å². The molecule has 3 heterocycles. The molecule has 0 aliphatic heterocycles. The lowest BCUT2D eigenvalue weighted by Crippen LogP contribution is -2.16. The molecule has 0 amide bonds. The van der Waals surface area contributed by atoms with Gasteiger partial charge in [0.25, 0.3) is 0 Å². The maximum Gasteiger partial charge on any atom is 0.137 e. The summed E-state index contributed by atoms with van der Waals surface area (Å²) in [6, 6.07) is 7.94. The third-order valence-electron chi connectivity index (χ3n) is 3.06. The van der Waals surface area contributed by atoms with E-state index in [1.165, 1.54) is 0 Å². The molecule has 0 saturated carbocycles. The molecule has 4 nitrogen and oxygen atoms in total. The van der Waals surface area contributed by atoms with Crippen LogP contribution in [0.2, 0.25) is 0 Å². The van der Waals surface area contributed by atoms with E-state index in [1.807, 2.05) is 34.9 Å². The largest absolute Gasteiger partial charge is 0.298 e. The Morgan fingerprint density at radius 2 is 1.95 bits per heavy atom. The molecule has 0 bridgehead atoms. The first-order valence-electron chi connectivity index (χ1n) is 6.43. The van der Waals surface area contributed by atoms with Crippen LogP contribution in [0, 0.1) is 0 Å². The number of pyridine rings is 1. The van der Waals surface area contributed by atoms with Crippen molar-refractivity contribution in [1.82, 2.24) is 19.4 Å². The first-order chi connectivity index (χ1) is 9.45. The van der Waals surface area contributed by atoms with Crippen molar-refractivity contribution in [2.75, 3.05) is 0 Å². The minimum Gasteiger partial charge on any atom is -0.298 e. The molecule has 5 heteroatoms. The fraction of sp³-hybridized carbons (Fsp3) is 0.267. The van der Waals surface area contributed by atoms with Crippen LogP contribution in [0.5, 0.6) is 0 Å². The number of hydrogen-bond donors (Lipinski definition) is 0. The molecular weight excluding hydrogens is 316 g/mol. The maximum atomic E-state index is 4.72. The Hall–Kier alpha value is -1.75. The summed E-state index contributed by atoms with van der Waals surface area (Å²) < 4.78 is 2.82. The quantitative estimate of drug-likeness (QED) is 0.636. The van der Waals surface area contributed by atoms with Crippen molar-refractivity contribution in [3.63, 3.8) is 0 Å². The van der Waals surface area contributed by atoms with Crippen molar-refractivity contribution < 1.29 is 0 Å². The zero-order valence-electron chi connectivity index (χ0n) is 11.6. The van der Waals surface area contributed by atoms with E-state index in [1.54, 1.807) is 6.20 Å². The average molecular weight is 331 g/mol. The van der Waals surface area contributed by atoms with Gasteiger partial charge in [0.05, 0.1) is 11.4 Å². The Kier molecular flexibility index (Phi) is 3.09. The number of aromatic nitrogens is 4. The molecule has 0 aliphatic carbocycles. The second-order valence-electron chi connectivity index (χ2n) is 5.72. The standard InChI is InChI=1S/C15H15BrN4/c1-15(2,3)14-18-10(9-12(16)19-14)11-5-4-6-13-17-7-8-20(11)13/h4-9H,1-3H3. The molecule has 0 saturated heterocycles. The topological polar surface area (TPSA) is 43.1 Å². The van der Waals surface area contributed by atoms with Gasteiger partial charge in [-0.2, -0.15) is 0 Å². The first-order valence-corrected chi connectivity index (χ1v) is 7.22. The lowest BCUT2D eigenvalue weighted by Gasteiger charge is -2.17. The van der Waals surface area contributed by atoms with Crippen LogP contribution in [-0.2, 0) is 5.41 Å². The highest BCUT2D eigenvalue weighted by atomic mass is 79.9. The van der Waals surface area contributed by atoms with E-state index < -0.39 is 0 Å². The van der Waals surface area contributed by atoms with Crippen LogP contribution < -0.4 is 0 Å². The predicted molar refractivity (Wildman–Crippen MR) is 82.6 cm³/mol. The molecule has 0 spiro atoms. The van der Waals surface area contributed by atoms with Crippen LogP contribution in [0.1, 0.15) is 26.6 Å². The summed E-state index contributed by atoms with van der Waals surface area (Å²) in [7, 11) is 0. The lowest BCUT2D eigenvalue weighted by atomic mass is 9.95. The van der Waals surface area contributed by atoms with E-state index in [2.05, 4.69) is 46.7 Å². The Morgan fingerprint density at radius 3 is 2.70 bits per heavy atom. The summed E-state index contributed by atoms with van der Waals surface area (Å²) in [5, 5.41) is 0. The van der Waals surface area contributed by atoms with Crippen molar-refractivity contribution in [1.29, 1.82) is 0 Å². The second-order valence-corrected chi connectivity index (χ2v) is 6.53. The van der Waals surface area contributed by atoms with Crippen LogP contribution in [0.3, 0.4) is 0 Å². The van der Waals surface area contributed by atoms with Gasteiger partial charge in [-0.25, -0.2) is 15.0 Å². The maximum absolute atomic E-state index is 4.72. The molecule has 0 fully saturated rings. The van der Waals surface area contributed by atoms with Crippen molar-refractivity contribution in [3.8, 4) is 11.4 Å². The monoisotopic (exact) mass is 330 g/mol. The van der Waals surface area contributed by atoms with E-state index >= 15 is 0 Å². The molecule has 0 N–H and O–H groups in total. The summed E-state index contributed by atoms with van der Waals surface area (Å²) in [4.78, 5) is 13.5. The molecule has 0 aliphatic rings. The van der Waals surface area contributed by atoms with E-state index in [4.69, 9.17) is 4.98 Å². The number of halogens is 1. The predicted octanol–water partition coefficient (Wildman–Crippen LogP) is 3.85. The van der Waals surface area contributed by atoms with Crippen molar-refractivity contribution in [2.45, 2.75) is 26.2 Å². The minimum atomic E-state index is -0.0959. The van der Waals surface area contributed by atoms with Crippen LogP contribution in [-0.4, -0.2) is 19.4 Å². The summed E-state index contributed by atoms with van der Waals surface area (Å²) in [5.74, 6) is 0.819. The van der Waals surface area contributed by atoms with Gasteiger partial charge < -0.3 is 0 Å². The Labute approximate surface area is 126 Å². The molecule has 3 aromatic rings. The Morgan fingerprint density at radius 1 is 1.15 bits per heavy atom. The van der Waals surface area contributed by atoms with Gasteiger partial charge in [0, 0.05) is 17.8 Å². The smallest absolute Gasteiger partial charge is 0.137 e. The zero-order chi connectivity index (χ0) is 14.3. The van der Waals surface area contributed by atoms with Gasteiger partial charge in [0.15, 0.2) is 0 Å². The zero-order valence-corrected chi connectivity index (χ0v) is 13.2. The molecule has 0 unspecified atom stereocenters. The molecule has 3 aromatic heterocycles. The SMILES string of the molecule is CC(C)(C)c1nc(Br)cc(-c2cccc3nccn23)n1. The summed E-state index contributed by atoms with van der Waals surface area (Å²) >= 11 is 3.48. The van der Waals surface area contributed by atoms with Gasteiger partial charge in [-0.3, -0.25) is 4.40 Å². The van der Waals surface area contributed by atoms with E-state index in [9.17, 15) is 0 Å². The number of hydrogen-bond acceptors (Lipinski definition) is 3. The third kappa shape index (κ3) is 2.33. The highest BCUT2D eigenvalue weighted by molar-refractivity contribution is 9.10. The van der Waals surface area contributed by atoms with Gasteiger partial charge >= 0.3 is 0 Å². The van der Waals surface area contributed by atoms with Gasteiger partial charge in [0.2, 0.25) is 0 Å². The summed E-state index contributed by atoms with van der Waals surface area (Å²) in [5.41, 5.74) is 2.71.